The molecule has 1 heterocycles. The summed E-state index contributed by atoms with van der Waals surface area (Å²) in [6.07, 6.45) is 1.87. The van der Waals surface area contributed by atoms with E-state index in [4.69, 9.17) is 27.8 Å². The monoisotopic (exact) mass is 329 g/mol. The molecule has 1 aromatic heterocycles. The molecular weight excluding hydrogens is 314 g/mol. The number of unbranched alkanes of at least 4 members (excludes halogenated alkanes) is 1. The number of nitrogens with two attached hydrogens (primary N) is 2. The van der Waals surface area contributed by atoms with Gasteiger partial charge in [0.15, 0.2) is 22.5 Å². The van der Waals surface area contributed by atoms with Crippen molar-refractivity contribution in [2.24, 2.45) is 5.10 Å². The molecule has 10 nitrogen and oxygen atoms in total. The van der Waals surface area contributed by atoms with Crippen LogP contribution in [0.2, 0.25) is 5.15 Å². The van der Waals surface area contributed by atoms with Crippen molar-refractivity contribution in [2.45, 2.75) is 19.8 Å². The zero-order valence-electron chi connectivity index (χ0n) is 11.8. The first kappa shape index (κ1) is 17.4. The van der Waals surface area contributed by atoms with Crippen LogP contribution in [0.1, 0.15) is 30.3 Å². The maximum absolute atomic E-state index is 11.8. The van der Waals surface area contributed by atoms with Crippen molar-refractivity contribution in [2.75, 3.05) is 18.1 Å². The maximum Gasteiger partial charge on any atom is 0.427 e. The number of nitrogens with zero attached hydrogens (tertiary/aromatic N) is 3. The Bertz CT molecular complexity index is 579. The second kappa shape index (κ2) is 8.62. The van der Waals surface area contributed by atoms with Gasteiger partial charge in [0.05, 0.1) is 6.61 Å². The van der Waals surface area contributed by atoms with Crippen molar-refractivity contribution in [3.8, 4) is 0 Å². The summed E-state index contributed by atoms with van der Waals surface area (Å²) in [5.41, 5.74) is 12.7. The zero-order chi connectivity index (χ0) is 16.5. The van der Waals surface area contributed by atoms with Crippen LogP contribution in [0.3, 0.4) is 0 Å². The van der Waals surface area contributed by atoms with Gasteiger partial charge in [-0.2, -0.15) is 5.10 Å². The first-order valence-corrected chi connectivity index (χ1v) is 6.67. The molecule has 6 N–H and O–H groups in total. The predicted octanol–water partition coefficient (Wildman–Crippen LogP) is 0.494. The molecular formula is C11H16ClN7O3. The second-order valence-electron chi connectivity index (χ2n) is 3.97. The molecule has 2 amide bonds. The quantitative estimate of drug-likeness (QED) is 0.256. The van der Waals surface area contributed by atoms with Gasteiger partial charge in [0.1, 0.15) is 6.34 Å². The number of nitrogens with one attached hydrogen (secondary N) is 2. The van der Waals surface area contributed by atoms with Crippen LogP contribution in [0.15, 0.2) is 5.10 Å². The van der Waals surface area contributed by atoms with Crippen LogP contribution in [0, 0.1) is 0 Å². The Morgan fingerprint density at radius 2 is 2.09 bits per heavy atom. The van der Waals surface area contributed by atoms with Crippen molar-refractivity contribution < 1.29 is 14.3 Å². The van der Waals surface area contributed by atoms with E-state index in [2.05, 4.69) is 25.8 Å². The Labute approximate surface area is 131 Å². The fourth-order valence-electron chi connectivity index (χ4n) is 1.19. The molecule has 1 rings (SSSR count). The van der Waals surface area contributed by atoms with E-state index in [1.807, 2.05) is 6.92 Å². The molecule has 0 aliphatic rings. The molecule has 0 aliphatic carbocycles. The number of aromatic nitrogens is 2. The SMILES string of the molecule is CCCCOC(=O)NN=CNC(=O)c1nc(Cl)c(N)nc1N. The number of hydrazone groups is 1. The number of carbonyl (C=O) groups is 2. The van der Waals surface area contributed by atoms with Gasteiger partial charge in [-0.05, 0) is 6.42 Å². The lowest BCUT2D eigenvalue weighted by Crippen LogP contribution is -2.27. The predicted molar refractivity (Wildman–Crippen MR) is 81.2 cm³/mol. The third-order valence-electron chi connectivity index (χ3n) is 2.27. The van der Waals surface area contributed by atoms with Gasteiger partial charge in [0, 0.05) is 0 Å². The molecule has 0 aliphatic heterocycles. The highest BCUT2D eigenvalue weighted by Gasteiger charge is 2.14. The van der Waals surface area contributed by atoms with Crippen LogP contribution in [0.25, 0.3) is 0 Å². The third kappa shape index (κ3) is 5.40. The van der Waals surface area contributed by atoms with Crippen LogP contribution in [-0.4, -0.2) is 34.9 Å². The van der Waals surface area contributed by atoms with Gasteiger partial charge in [0.25, 0.3) is 5.91 Å². The standard InChI is InChI=1S/C11H16ClN7O3/c1-2-3-4-22-11(21)19-16-5-15-10(20)6-8(13)18-9(14)7(12)17-6/h5H,2-4H2,1H3,(H,19,21)(H4,13,14,18)(H,15,16,20). The Morgan fingerprint density at radius 1 is 1.36 bits per heavy atom. The van der Waals surface area contributed by atoms with Gasteiger partial charge in [-0.3, -0.25) is 4.79 Å². The maximum atomic E-state index is 11.8. The average molecular weight is 330 g/mol. The van der Waals surface area contributed by atoms with Crippen molar-refractivity contribution in [1.29, 1.82) is 0 Å². The van der Waals surface area contributed by atoms with E-state index < -0.39 is 12.0 Å². The molecule has 0 aromatic carbocycles. The number of ether oxygens (including phenoxy) is 1. The van der Waals surface area contributed by atoms with E-state index in [0.717, 1.165) is 19.2 Å². The van der Waals surface area contributed by atoms with Crippen LogP contribution < -0.4 is 22.2 Å². The number of amides is 2. The van der Waals surface area contributed by atoms with Gasteiger partial charge in [-0.25, -0.2) is 20.2 Å². The van der Waals surface area contributed by atoms with E-state index in [1.54, 1.807) is 0 Å². The first-order chi connectivity index (χ1) is 10.5. The number of nitrogen functional groups attached to an aromatic ring is 2. The number of hydrogen-bond donors (Lipinski definition) is 4. The molecule has 0 fully saturated rings. The van der Waals surface area contributed by atoms with Crippen LogP contribution in [0.5, 0.6) is 0 Å². The zero-order valence-corrected chi connectivity index (χ0v) is 12.6. The molecule has 0 saturated carbocycles. The van der Waals surface area contributed by atoms with Crippen LogP contribution >= 0.6 is 11.6 Å². The highest BCUT2D eigenvalue weighted by molar-refractivity contribution is 6.31. The highest BCUT2D eigenvalue weighted by atomic mass is 35.5. The largest absolute Gasteiger partial charge is 0.448 e. The summed E-state index contributed by atoms with van der Waals surface area (Å²) in [7, 11) is 0. The summed E-state index contributed by atoms with van der Waals surface area (Å²) in [6.45, 7) is 2.26. The summed E-state index contributed by atoms with van der Waals surface area (Å²) in [5.74, 6) is -0.975. The van der Waals surface area contributed by atoms with E-state index in [1.165, 1.54) is 0 Å². The van der Waals surface area contributed by atoms with Crippen LogP contribution in [0.4, 0.5) is 16.4 Å². The Morgan fingerprint density at radius 3 is 2.77 bits per heavy atom. The van der Waals surface area contributed by atoms with Crippen molar-refractivity contribution in [3.63, 3.8) is 0 Å². The van der Waals surface area contributed by atoms with Gasteiger partial charge < -0.3 is 21.5 Å². The van der Waals surface area contributed by atoms with Crippen LogP contribution in [-0.2, 0) is 4.74 Å². The van der Waals surface area contributed by atoms with Crippen molar-refractivity contribution >= 4 is 41.6 Å². The second-order valence-corrected chi connectivity index (χ2v) is 4.32. The average Bonchev–Trinajstić information content (AvgIpc) is 2.47. The minimum absolute atomic E-state index is 0.0825. The lowest BCUT2D eigenvalue weighted by Gasteiger charge is -2.05. The molecule has 0 spiro atoms. The molecule has 120 valence electrons. The van der Waals surface area contributed by atoms with Gasteiger partial charge in [-0.15, -0.1) is 0 Å². The highest BCUT2D eigenvalue weighted by Crippen LogP contribution is 2.16. The number of rotatable bonds is 6. The summed E-state index contributed by atoms with van der Waals surface area (Å²) in [6, 6.07) is 0. The summed E-state index contributed by atoms with van der Waals surface area (Å²) >= 11 is 5.65. The smallest absolute Gasteiger partial charge is 0.427 e. The Hall–Kier alpha value is -2.62. The van der Waals surface area contributed by atoms with Crippen molar-refractivity contribution in [3.05, 3.63) is 10.8 Å². The molecule has 1 aromatic rings. The summed E-state index contributed by atoms with van der Waals surface area (Å²) in [5, 5.41) is 5.54. The Kier molecular flexibility index (Phi) is 6.83. The molecule has 0 bridgehead atoms. The Balaban J connectivity index is 2.48. The minimum Gasteiger partial charge on any atom is -0.448 e. The third-order valence-corrected chi connectivity index (χ3v) is 2.55. The fraction of sp³-hybridized carbons (Fsp3) is 0.364. The molecule has 0 unspecified atom stereocenters. The van der Waals surface area contributed by atoms with E-state index in [9.17, 15) is 9.59 Å². The topological polar surface area (TPSA) is 158 Å². The number of halogens is 1. The lowest BCUT2D eigenvalue weighted by molar-refractivity contribution is 0.0973. The van der Waals surface area contributed by atoms with E-state index >= 15 is 0 Å². The molecule has 22 heavy (non-hydrogen) atoms. The number of anilines is 2. The minimum atomic E-state index is -0.728. The summed E-state index contributed by atoms with van der Waals surface area (Å²) in [4.78, 5) is 30.3. The molecule has 0 saturated heterocycles. The van der Waals surface area contributed by atoms with Gasteiger partial charge in [0.2, 0.25) is 0 Å². The number of carbonyl (C=O) groups excluding carboxylic acids is 2. The molecule has 0 atom stereocenters. The normalized spacial score (nSPS) is 10.5. The van der Waals surface area contributed by atoms with Crippen molar-refractivity contribution in [1.82, 2.24) is 20.7 Å². The molecule has 11 heteroatoms. The summed E-state index contributed by atoms with van der Waals surface area (Å²) < 4.78 is 4.77. The van der Waals surface area contributed by atoms with Gasteiger partial charge >= 0.3 is 6.09 Å². The van der Waals surface area contributed by atoms with E-state index in [-0.39, 0.29) is 22.5 Å². The molecule has 0 radical (unpaired) electrons. The lowest BCUT2D eigenvalue weighted by atomic mass is 10.4. The van der Waals surface area contributed by atoms with E-state index in [0.29, 0.717) is 6.61 Å². The van der Waals surface area contributed by atoms with Gasteiger partial charge in [-0.1, -0.05) is 24.9 Å². The first-order valence-electron chi connectivity index (χ1n) is 6.29. The number of hydrogen-bond acceptors (Lipinski definition) is 8. The fourth-order valence-corrected chi connectivity index (χ4v) is 1.32.